The van der Waals surface area contributed by atoms with Crippen molar-refractivity contribution < 1.29 is 63.6 Å². The molecular weight excluding hydrogens is 760 g/mol. The number of thioether (sulfide) groups is 1. The highest BCUT2D eigenvalue weighted by Gasteiger charge is 2.35. The summed E-state index contributed by atoms with van der Waals surface area (Å²) in [4.78, 5) is 114. The maximum atomic E-state index is 13.4. The van der Waals surface area contributed by atoms with Gasteiger partial charge in [-0.15, -0.1) is 0 Å². The van der Waals surface area contributed by atoms with Crippen LogP contribution in [0.2, 0.25) is 0 Å². The molecule has 0 heterocycles. The summed E-state index contributed by atoms with van der Waals surface area (Å²) in [5, 5.41) is 51.9. The van der Waals surface area contributed by atoms with Crippen molar-refractivity contribution in [2.45, 2.75) is 88.2 Å². The number of carboxylic acids is 2. The van der Waals surface area contributed by atoms with Crippen LogP contribution in [-0.2, 0) is 49.6 Å². The maximum Gasteiger partial charge on any atom is 0.326 e. The highest BCUT2D eigenvalue weighted by atomic mass is 32.2. The van der Waals surface area contributed by atoms with Crippen molar-refractivity contribution in [3.63, 3.8) is 0 Å². The first-order chi connectivity index (χ1) is 26.3. The van der Waals surface area contributed by atoms with Gasteiger partial charge in [-0.2, -0.15) is 11.8 Å². The van der Waals surface area contributed by atoms with E-state index in [9.17, 15) is 63.6 Å². The molecule has 7 amide bonds. The molecular formula is C34H52N8O13S. The van der Waals surface area contributed by atoms with Gasteiger partial charge in [-0.25, -0.2) is 4.79 Å². The highest BCUT2D eigenvalue weighted by Crippen LogP contribution is 2.10. The highest BCUT2D eigenvalue weighted by molar-refractivity contribution is 7.98. The number of hydrogen-bond donors (Lipinski definition) is 12. The number of carboxylic acid groups (broad SMARTS) is 2. The largest absolute Gasteiger partial charge is 0.481 e. The normalized spacial score (nSPS) is 14.7. The Morgan fingerprint density at radius 3 is 1.59 bits per heavy atom. The van der Waals surface area contributed by atoms with Gasteiger partial charge >= 0.3 is 11.9 Å². The summed E-state index contributed by atoms with van der Waals surface area (Å²) >= 11 is 1.32. The zero-order valence-corrected chi connectivity index (χ0v) is 32.0. The van der Waals surface area contributed by atoms with Crippen LogP contribution in [-0.4, -0.2) is 141 Å². The van der Waals surface area contributed by atoms with Crippen molar-refractivity contribution in [2.75, 3.05) is 25.2 Å². The Hall–Kier alpha value is -5.32. The number of hydrogen-bond acceptors (Lipinski definition) is 13. The van der Waals surface area contributed by atoms with Gasteiger partial charge in [-0.3, -0.25) is 38.4 Å². The molecule has 0 saturated carbocycles. The van der Waals surface area contributed by atoms with Crippen molar-refractivity contribution in [3.8, 4) is 0 Å². The van der Waals surface area contributed by atoms with Gasteiger partial charge < -0.3 is 63.8 Å². The van der Waals surface area contributed by atoms with E-state index < -0.39 is 122 Å². The molecule has 7 atom stereocenters. The van der Waals surface area contributed by atoms with Gasteiger partial charge in [-0.05, 0) is 36.3 Å². The number of carbonyl (C=O) groups excluding carboxylic acids is 7. The lowest BCUT2D eigenvalue weighted by Gasteiger charge is -2.27. The minimum absolute atomic E-state index is 0.0264. The Bertz CT molecular complexity index is 1530. The number of carbonyl (C=O) groups is 9. The van der Waals surface area contributed by atoms with Crippen LogP contribution in [0.15, 0.2) is 30.3 Å². The number of benzene rings is 1. The van der Waals surface area contributed by atoms with E-state index in [1.54, 1.807) is 50.4 Å². The van der Waals surface area contributed by atoms with E-state index in [1.165, 1.54) is 11.8 Å². The molecule has 21 nitrogen and oxygen atoms in total. The van der Waals surface area contributed by atoms with Crippen LogP contribution < -0.4 is 43.4 Å². The third kappa shape index (κ3) is 17.9. The van der Waals surface area contributed by atoms with E-state index >= 15 is 0 Å². The van der Waals surface area contributed by atoms with E-state index in [4.69, 9.17) is 11.5 Å². The molecule has 0 bridgehead atoms. The van der Waals surface area contributed by atoms with E-state index in [0.717, 1.165) is 0 Å². The number of aliphatic hydroxyl groups is 2. The number of aliphatic hydroxyl groups excluding tert-OH is 2. The molecule has 0 aromatic heterocycles. The fourth-order valence-electron chi connectivity index (χ4n) is 4.97. The second kappa shape index (κ2) is 25.0. The summed E-state index contributed by atoms with van der Waals surface area (Å²) in [6.45, 7) is 1.55. The first-order valence-corrected chi connectivity index (χ1v) is 18.8. The summed E-state index contributed by atoms with van der Waals surface area (Å²) in [6.07, 6.45) is -0.209. The molecule has 0 aliphatic carbocycles. The fraction of sp³-hybridized carbons (Fsp3) is 0.559. The molecule has 0 fully saturated rings. The summed E-state index contributed by atoms with van der Waals surface area (Å²) < 4.78 is 0. The van der Waals surface area contributed by atoms with Crippen LogP contribution in [0.25, 0.3) is 0 Å². The average Bonchev–Trinajstić information content (AvgIpc) is 3.13. The molecule has 1 aromatic rings. The Morgan fingerprint density at radius 2 is 1.11 bits per heavy atom. The number of aliphatic carboxylic acids is 2. The molecule has 1 rings (SSSR count). The number of primary amides is 1. The SMILES string of the molecule is CSCC[C@H](NC(=O)[C@@H](N)CO)C(=O)N[C@@H](CC(N)=O)C(=O)N[C@@H](CO)C(=O)N[C@@H](CC(=O)O)C(=O)N[C@@H](CC(C)C)C(=O)N[C@@H](Cc1ccccc1)C(=O)O. The second-order valence-corrected chi connectivity index (χ2v) is 14.0. The standard InChI is InChI=1S/C34H52N8O13S/c1-17(2)11-21(30(50)41-24(34(54)55)12-18-7-5-4-6-8-18)38-32(52)23(14-27(46)47)40-33(53)25(16-44)42-31(51)22(13-26(36)45)39-29(49)20(9-10-56-3)37-28(48)19(35)15-43/h4-8,17,19-25,43-44H,9-16,35H2,1-3H3,(H2,36,45)(H,37,48)(H,38,52)(H,39,49)(H,40,53)(H,41,50)(H,42,51)(H,46,47)(H,54,55)/t19-,20-,21-,22-,23-,24-,25-/m0/s1. The van der Waals surface area contributed by atoms with Gasteiger partial charge in [0.2, 0.25) is 41.4 Å². The van der Waals surface area contributed by atoms with Crippen LogP contribution in [0.3, 0.4) is 0 Å². The van der Waals surface area contributed by atoms with Crippen molar-refractivity contribution in [1.29, 1.82) is 0 Å². The molecule has 0 aliphatic rings. The topological polar surface area (TPSA) is 359 Å². The molecule has 312 valence electrons. The molecule has 0 saturated heterocycles. The lowest BCUT2D eigenvalue weighted by molar-refractivity contribution is -0.143. The minimum atomic E-state index is -1.89. The molecule has 0 radical (unpaired) electrons. The molecule has 1 aromatic carbocycles. The molecule has 0 aliphatic heterocycles. The zero-order valence-electron chi connectivity index (χ0n) is 31.2. The van der Waals surface area contributed by atoms with Crippen molar-refractivity contribution in [2.24, 2.45) is 17.4 Å². The fourth-order valence-corrected chi connectivity index (χ4v) is 5.44. The van der Waals surface area contributed by atoms with E-state index in [2.05, 4.69) is 31.9 Å². The van der Waals surface area contributed by atoms with Crippen LogP contribution in [0.5, 0.6) is 0 Å². The molecule has 22 heteroatoms. The number of nitrogens with two attached hydrogens (primary N) is 2. The van der Waals surface area contributed by atoms with Crippen LogP contribution in [0.1, 0.15) is 45.1 Å². The Morgan fingerprint density at radius 1 is 0.643 bits per heavy atom. The number of rotatable bonds is 26. The van der Waals surface area contributed by atoms with Gasteiger partial charge in [0.25, 0.3) is 0 Å². The summed E-state index contributed by atoms with van der Waals surface area (Å²) in [5.41, 5.74) is 11.4. The minimum Gasteiger partial charge on any atom is -0.481 e. The predicted octanol–water partition coefficient (Wildman–Crippen LogP) is -4.32. The average molecular weight is 813 g/mol. The van der Waals surface area contributed by atoms with Crippen LogP contribution in [0.4, 0.5) is 0 Å². The van der Waals surface area contributed by atoms with Gasteiger partial charge in [0.15, 0.2) is 0 Å². The van der Waals surface area contributed by atoms with E-state index in [1.807, 2.05) is 0 Å². The van der Waals surface area contributed by atoms with Crippen LogP contribution in [0, 0.1) is 5.92 Å². The first-order valence-electron chi connectivity index (χ1n) is 17.4. The number of amides is 7. The Kier molecular flexibility index (Phi) is 21.7. The van der Waals surface area contributed by atoms with Gasteiger partial charge in [-0.1, -0.05) is 44.2 Å². The summed E-state index contributed by atoms with van der Waals surface area (Å²) in [7, 11) is 0. The summed E-state index contributed by atoms with van der Waals surface area (Å²) in [5.74, 6) is -10.3. The van der Waals surface area contributed by atoms with E-state index in [-0.39, 0.29) is 25.2 Å². The van der Waals surface area contributed by atoms with Gasteiger partial charge in [0, 0.05) is 6.42 Å². The first kappa shape index (κ1) is 48.7. The smallest absolute Gasteiger partial charge is 0.326 e. The Balaban J connectivity index is 3.20. The van der Waals surface area contributed by atoms with Gasteiger partial charge in [0.1, 0.15) is 42.3 Å². The second-order valence-electron chi connectivity index (χ2n) is 13.0. The third-order valence-electron chi connectivity index (χ3n) is 7.88. The molecule has 0 unspecified atom stereocenters. The van der Waals surface area contributed by atoms with E-state index in [0.29, 0.717) is 11.3 Å². The number of nitrogens with one attached hydrogen (secondary N) is 6. The predicted molar refractivity (Wildman–Crippen MR) is 200 cm³/mol. The van der Waals surface area contributed by atoms with Crippen molar-refractivity contribution in [1.82, 2.24) is 31.9 Å². The lowest BCUT2D eigenvalue weighted by atomic mass is 10.0. The monoisotopic (exact) mass is 812 g/mol. The molecule has 14 N–H and O–H groups in total. The molecule has 56 heavy (non-hydrogen) atoms. The zero-order chi connectivity index (χ0) is 42.5. The Labute approximate surface area is 326 Å². The summed E-state index contributed by atoms with van der Waals surface area (Å²) in [6, 6.07) is -2.56. The maximum absolute atomic E-state index is 13.4. The third-order valence-corrected chi connectivity index (χ3v) is 8.52. The van der Waals surface area contributed by atoms with Crippen LogP contribution >= 0.6 is 11.8 Å². The van der Waals surface area contributed by atoms with Crippen molar-refractivity contribution >= 4 is 65.1 Å². The van der Waals surface area contributed by atoms with Crippen molar-refractivity contribution in [3.05, 3.63) is 35.9 Å². The quantitative estimate of drug-likeness (QED) is 0.0421. The molecule has 0 spiro atoms. The van der Waals surface area contributed by atoms with Gasteiger partial charge in [0.05, 0.1) is 26.1 Å². The lowest BCUT2D eigenvalue weighted by Crippen LogP contribution is -2.61.